The van der Waals surface area contributed by atoms with Gasteiger partial charge in [0.2, 0.25) is 5.91 Å². The van der Waals surface area contributed by atoms with E-state index in [1.54, 1.807) is 0 Å². The number of carbonyl (C=O) groups is 3. The lowest BCUT2D eigenvalue weighted by atomic mass is 9.95. The maximum absolute atomic E-state index is 13.8. The Morgan fingerprint density at radius 2 is 1.93 bits per heavy atom. The molecule has 0 aliphatic carbocycles. The van der Waals surface area contributed by atoms with Gasteiger partial charge in [-0.1, -0.05) is 11.6 Å². The number of likely N-dealkylation sites (tertiary alicyclic amines) is 1. The van der Waals surface area contributed by atoms with Gasteiger partial charge in [-0.25, -0.2) is 8.78 Å². The van der Waals surface area contributed by atoms with Crippen LogP contribution in [0.25, 0.3) is 0 Å². The van der Waals surface area contributed by atoms with Gasteiger partial charge in [0.25, 0.3) is 0 Å². The van der Waals surface area contributed by atoms with E-state index < -0.39 is 40.4 Å². The molecule has 1 atom stereocenters. The van der Waals surface area contributed by atoms with Crippen LogP contribution in [0.5, 0.6) is 0 Å². The van der Waals surface area contributed by atoms with Crippen molar-refractivity contribution in [1.82, 2.24) is 9.88 Å². The fourth-order valence-corrected chi connectivity index (χ4v) is 3.46. The van der Waals surface area contributed by atoms with Crippen LogP contribution in [-0.2, 0) is 9.59 Å². The summed E-state index contributed by atoms with van der Waals surface area (Å²) in [6, 6.07) is 2.91. The second-order valence-corrected chi connectivity index (χ2v) is 7.00. The Morgan fingerprint density at radius 3 is 2.62 bits per heavy atom. The molecule has 10 heteroatoms. The second kappa shape index (κ2) is 8.52. The van der Waals surface area contributed by atoms with Crippen molar-refractivity contribution < 1.29 is 23.2 Å². The number of primary amides is 1. The first kappa shape index (κ1) is 20.7. The van der Waals surface area contributed by atoms with Crippen LogP contribution < -0.4 is 11.1 Å². The number of halogens is 3. The molecule has 7 nitrogen and oxygen atoms in total. The van der Waals surface area contributed by atoms with E-state index in [4.69, 9.17) is 17.3 Å². The summed E-state index contributed by atoms with van der Waals surface area (Å²) in [5.41, 5.74) is 5.69. The number of pyridine rings is 1. The van der Waals surface area contributed by atoms with Crippen molar-refractivity contribution in [1.29, 1.82) is 0 Å². The monoisotopic (exact) mass is 422 g/mol. The Hall–Kier alpha value is -3.07. The number of hydrogen-bond donors (Lipinski definition) is 2. The zero-order chi connectivity index (χ0) is 21.1. The van der Waals surface area contributed by atoms with Gasteiger partial charge in [-0.3, -0.25) is 19.4 Å². The number of anilines is 1. The molecule has 3 N–H and O–H groups in total. The van der Waals surface area contributed by atoms with Gasteiger partial charge in [0.1, 0.15) is 0 Å². The molecule has 0 saturated carbocycles. The van der Waals surface area contributed by atoms with E-state index >= 15 is 0 Å². The number of rotatable bonds is 3. The summed E-state index contributed by atoms with van der Waals surface area (Å²) in [6.07, 6.45) is 4.37. The highest BCUT2D eigenvalue weighted by atomic mass is 35.5. The Kier molecular flexibility index (Phi) is 6.07. The van der Waals surface area contributed by atoms with Crippen LogP contribution in [0.3, 0.4) is 0 Å². The van der Waals surface area contributed by atoms with E-state index in [-0.39, 0.29) is 17.8 Å². The minimum absolute atomic E-state index is 0.0718. The van der Waals surface area contributed by atoms with Crippen molar-refractivity contribution >= 4 is 35.0 Å². The number of aromatic nitrogens is 1. The predicted octanol–water partition coefficient (Wildman–Crippen LogP) is 2.80. The summed E-state index contributed by atoms with van der Waals surface area (Å²) in [7, 11) is 0. The number of nitrogens with one attached hydrogen (secondary N) is 1. The third-order valence-electron chi connectivity index (χ3n) is 4.63. The van der Waals surface area contributed by atoms with E-state index in [0.717, 1.165) is 12.5 Å². The number of piperidine rings is 1. The topological polar surface area (TPSA) is 105 Å². The molecule has 0 unspecified atom stereocenters. The van der Waals surface area contributed by atoms with Crippen LogP contribution in [0, 0.1) is 11.6 Å². The molecule has 2 aromatic rings. The van der Waals surface area contributed by atoms with Crippen LogP contribution >= 0.6 is 11.6 Å². The number of amides is 3. The normalized spacial score (nSPS) is 16.4. The Bertz CT molecular complexity index is 963. The standard InChI is InChI=1S/C19H17ClF2N4O3/c20-13-6-10(7-14(21)16(13)22)15-3-1-2-4-26(15)19(29)18(28)25-12-5-11(17(23)27)8-24-9-12/h5-9,15H,1-4H2,(H2,23,27)(H,25,28)/t15-/m0/s1. The molecule has 0 spiro atoms. The summed E-state index contributed by atoms with van der Waals surface area (Å²) in [5, 5.41) is 1.99. The zero-order valence-corrected chi connectivity index (χ0v) is 15.9. The molecular weight excluding hydrogens is 406 g/mol. The number of benzene rings is 1. The minimum Gasteiger partial charge on any atom is -0.366 e. The predicted molar refractivity (Wildman–Crippen MR) is 101 cm³/mol. The first-order valence-electron chi connectivity index (χ1n) is 8.79. The Labute approximate surface area is 169 Å². The van der Waals surface area contributed by atoms with Gasteiger partial charge in [0.05, 0.1) is 28.5 Å². The van der Waals surface area contributed by atoms with Crippen molar-refractivity contribution in [3.63, 3.8) is 0 Å². The lowest BCUT2D eigenvalue weighted by Gasteiger charge is -2.35. The van der Waals surface area contributed by atoms with Gasteiger partial charge >= 0.3 is 11.8 Å². The molecule has 1 aromatic heterocycles. The van der Waals surface area contributed by atoms with Gasteiger partial charge in [-0.2, -0.15) is 0 Å². The van der Waals surface area contributed by atoms with Gasteiger partial charge < -0.3 is 16.0 Å². The number of carbonyl (C=O) groups excluding carboxylic acids is 3. The maximum atomic E-state index is 13.8. The fourth-order valence-electron chi connectivity index (χ4n) is 3.25. The average molecular weight is 423 g/mol. The van der Waals surface area contributed by atoms with E-state index in [0.29, 0.717) is 18.4 Å². The molecule has 3 amide bonds. The van der Waals surface area contributed by atoms with Crippen molar-refractivity contribution in [2.75, 3.05) is 11.9 Å². The Morgan fingerprint density at radius 1 is 1.17 bits per heavy atom. The summed E-state index contributed by atoms with van der Waals surface area (Å²) in [5.74, 6) is -4.81. The summed E-state index contributed by atoms with van der Waals surface area (Å²) in [4.78, 5) is 41.5. The van der Waals surface area contributed by atoms with Gasteiger partial charge in [-0.05, 0) is 43.0 Å². The maximum Gasteiger partial charge on any atom is 0.313 e. The minimum atomic E-state index is -1.16. The molecule has 29 heavy (non-hydrogen) atoms. The van der Waals surface area contributed by atoms with E-state index in [1.807, 2.05) is 0 Å². The van der Waals surface area contributed by atoms with Gasteiger partial charge in [-0.15, -0.1) is 0 Å². The summed E-state index contributed by atoms with van der Waals surface area (Å²) < 4.78 is 27.3. The highest BCUT2D eigenvalue weighted by molar-refractivity contribution is 6.39. The van der Waals surface area contributed by atoms with E-state index in [2.05, 4.69) is 10.3 Å². The first-order valence-corrected chi connectivity index (χ1v) is 9.17. The van der Waals surface area contributed by atoms with Crippen LogP contribution in [0.15, 0.2) is 30.6 Å². The summed E-state index contributed by atoms with van der Waals surface area (Å²) in [6.45, 7) is 0.271. The smallest absolute Gasteiger partial charge is 0.313 e. The summed E-state index contributed by atoms with van der Waals surface area (Å²) >= 11 is 5.73. The number of hydrogen-bond acceptors (Lipinski definition) is 4. The SMILES string of the molecule is NC(=O)c1cncc(NC(=O)C(=O)N2CCCC[C@H]2c2cc(F)c(F)c(Cl)c2)c1. The number of nitrogens with two attached hydrogens (primary N) is 1. The molecule has 1 fully saturated rings. The van der Waals surface area contributed by atoms with Gasteiger partial charge in [0, 0.05) is 12.7 Å². The lowest BCUT2D eigenvalue weighted by Crippen LogP contribution is -2.44. The third kappa shape index (κ3) is 4.51. The quantitative estimate of drug-likeness (QED) is 0.586. The molecule has 0 bridgehead atoms. The fraction of sp³-hybridized carbons (Fsp3) is 0.263. The van der Waals surface area contributed by atoms with E-state index in [1.165, 1.54) is 29.4 Å². The lowest BCUT2D eigenvalue weighted by molar-refractivity contribution is -0.145. The Balaban J connectivity index is 1.81. The van der Waals surface area contributed by atoms with Crippen LogP contribution in [0.2, 0.25) is 5.02 Å². The molecule has 1 aliphatic heterocycles. The number of nitrogens with zero attached hydrogens (tertiary/aromatic N) is 2. The molecule has 152 valence electrons. The highest BCUT2D eigenvalue weighted by Gasteiger charge is 2.32. The van der Waals surface area contributed by atoms with Crippen molar-refractivity contribution in [2.24, 2.45) is 5.73 Å². The molecule has 1 saturated heterocycles. The molecule has 3 rings (SSSR count). The zero-order valence-electron chi connectivity index (χ0n) is 15.1. The van der Waals surface area contributed by atoms with Crippen molar-refractivity contribution in [3.8, 4) is 0 Å². The van der Waals surface area contributed by atoms with Crippen LogP contribution in [0.1, 0.15) is 41.2 Å². The van der Waals surface area contributed by atoms with Crippen LogP contribution in [-0.4, -0.2) is 34.2 Å². The molecular formula is C19H17ClF2N4O3. The van der Waals surface area contributed by atoms with Crippen molar-refractivity contribution in [3.05, 3.63) is 58.4 Å². The molecule has 0 radical (unpaired) electrons. The van der Waals surface area contributed by atoms with E-state index in [9.17, 15) is 23.2 Å². The molecule has 2 heterocycles. The van der Waals surface area contributed by atoms with Gasteiger partial charge in [0.15, 0.2) is 11.6 Å². The highest BCUT2D eigenvalue weighted by Crippen LogP contribution is 2.34. The molecule has 1 aliphatic rings. The second-order valence-electron chi connectivity index (χ2n) is 6.59. The van der Waals surface area contributed by atoms with Crippen molar-refractivity contribution in [2.45, 2.75) is 25.3 Å². The first-order chi connectivity index (χ1) is 13.8. The molecule has 1 aromatic carbocycles. The average Bonchev–Trinajstić information content (AvgIpc) is 2.71. The largest absolute Gasteiger partial charge is 0.366 e. The van der Waals surface area contributed by atoms with Crippen LogP contribution in [0.4, 0.5) is 14.5 Å². The third-order valence-corrected chi connectivity index (χ3v) is 4.90.